The summed E-state index contributed by atoms with van der Waals surface area (Å²) in [5.74, 6) is 1.47. The van der Waals surface area contributed by atoms with Crippen LogP contribution in [0.15, 0.2) is 18.7 Å². The second kappa shape index (κ2) is 15.5. The minimum absolute atomic E-state index is 0.116. The lowest BCUT2D eigenvalue weighted by atomic mass is 9.87. The maximum absolute atomic E-state index is 13.1. The van der Waals surface area contributed by atoms with Gasteiger partial charge < -0.3 is 41.1 Å². The first-order chi connectivity index (χ1) is 21.0. The standard InChI is InChI=1S/C28H45IN10O5/c1-6-31-26(42)22-20(40)21(41)28(44-22)38-15-34-19-23(30-5)35-24(36-25(19)38)27(43)33-10-14-39(29)17(4)32-9-13-37-11-7-18(8-12-37)16(2)3/h15-16,18,20-22,28,32,40-41H,4,6-14H2,1-3,5H3,(H,31,42)(H,33,43)(H,30,35,36)/t20-,21+,22-,28+/m0/s1. The summed E-state index contributed by atoms with van der Waals surface area (Å²) in [7, 11) is 1.64. The van der Waals surface area contributed by atoms with Crippen LogP contribution in [0.1, 0.15) is 50.5 Å². The molecular formula is C28H45IN10O5. The molecule has 2 saturated heterocycles. The number of likely N-dealkylation sites (tertiary alicyclic amines) is 1. The molecule has 4 rings (SSSR count). The Labute approximate surface area is 271 Å². The second-order valence-electron chi connectivity index (χ2n) is 11.4. The Morgan fingerprint density at radius 2 is 1.89 bits per heavy atom. The molecule has 2 fully saturated rings. The van der Waals surface area contributed by atoms with E-state index in [0.29, 0.717) is 31.0 Å². The molecule has 6 N–H and O–H groups in total. The smallest absolute Gasteiger partial charge is 0.289 e. The van der Waals surface area contributed by atoms with Gasteiger partial charge in [-0.25, -0.2) is 15.0 Å². The Balaban J connectivity index is 1.31. The Kier molecular flexibility index (Phi) is 12.0. The van der Waals surface area contributed by atoms with Gasteiger partial charge in [0, 0.05) is 39.8 Å². The molecule has 2 aliphatic heterocycles. The number of nitrogens with zero attached hydrogens (tertiary/aromatic N) is 6. The molecule has 4 heterocycles. The minimum atomic E-state index is -1.46. The highest BCUT2D eigenvalue weighted by atomic mass is 127. The maximum Gasteiger partial charge on any atom is 0.289 e. The van der Waals surface area contributed by atoms with Crippen molar-refractivity contribution in [1.82, 2.24) is 43.5 Å². The topological polar surface area (TPSA) is 182 Å². The molecule has 4 atom stereocenters. The lowest BCUT2D eigenvalue weighted by Gasteiger charge is -2.34. The number of carbonyl (C=O) groups is 2. The summed E-state index contributed by atoms with van der Waals surface area (Å²) in [5.41, 5.74) is 0.532. The first-order valence-electron chi connectivity index (χ1n) is 15.1. The summed E-state index contributed by atoms with van der Waals surface area (Å²) in [6.45, 7) is 15.7. The van der Waals surface area contributed by atoms with Crippen LogP contribution in [0.4, 0.5) is 5.82 Å². The number of carbonyl (C=O) groups excluding carboxylic acids is 2. The van der Waals surface area contributed by atoms with Crippen LogP contribution < -0.4 is 21.3 Å². The number of aromatic nitrogens is 4. The minimum Gasteiger partial charge on any atom is -0.387 e. The zero-order valence-electron chi connectivity index (χ0n) is 25.8. The van der Waals surface area contributed by atoms with E-state index in [0.717, 1.165) is 43.8 Å². The number of ether oxygens (including phenoxy) is 1. The van der Waals surface area contributed by atoms with Gasteiger partial charge in [-0.05, 0) is 44.7 Å². The molecule has 44 heavy (non-hydrogen) atoms. The van der Waals surface area contributed by atoms with Crippen molar-refractivity contribution < 1.29 is 24.5 Å². The van der Waals surface area contributed by atoms with Crippen molar-refractivity contribution in [3.63, 3.8) is 0 Å². The summed E-state index contributed by atoms with van der Waals surface area (Å²) >= 11 is 2.16. The third-order valence-electron chi connectivity index (χ3n) is 8.20. The van der Waals surface area contributed by atoms with E-state index < -0.39 is 36.4 Å². The summed E-state index contributed by atoms with van der Waals surface area (Å²) in [5, 5.41) is 32.8. The lowest BCUT2D eigenvalue weighted by molar-refractivity contribution is -0.137. The molecule has 2 amide bonds. The van der Waals surface area contributed by atoms with Crippen LogP contribution in [0.5, 0.6) is 0 Å². The number of piperidine rings is 1. The van der Waals surface area contributed by atoms with Crippen molar-refractivity contribution in [2.75, 3.05) is 58.2 Å². The maximum atomic E-state index is 13.1. The van der Waals surface area contributed by atoms with Crippen molar-refractivity contribution >= 4 is 51.7 Å². The number of imidazole rings is 1. The fraction of sp³-hybridized carbons (Fsp3) is 0.679. The van der Waals surface area contributed by atoms with E-state index in [1.807, 2.05) is 3.11 Å². The van der Waals surface area contributed by atoms with Gasteiger partial charge in [0.05, 0.1) is 29.2 Å². The number of hydrogen-bond donors (Lipinski definition) is 6. The van der Waals surface area contributed by atoms with E-state index in [1.165, 1.54) is 23.7 Å². The van der Waals surface area contributed by atoms with Gasteiger partial charge in [0.25, 0.3) is 11.8 Å². The highest BCUT2D eigenvalue weighted by molar-refractivity contribution is 14.1. The predicted molar refractivity (Wildman–Crippen MR) is 174 cm³/mol. The number of amides is 2. The molecule has 244 valence electrons. The average Bonchev–Trinajstić information content (AvgIpc) is 3.56. The Morgan fingerprint density at radius 3 is 2.55 bits per heavy atom. The Morgan fingerprint density at radius 1 is 1.16 bits per heavy atom. The highest BCUT2D eigenvalue weighted by Crippen LogP contribution is 2.32. The van der Waals surface area contributed by atoms with Crippen molar-refractivity contribution in [3.05, 3.63) is 24.6 Å². The molecule has 16 heteroatoms. The first-order valence-corrected chi connectivity index (χ1v) is 16.1. The summed E-state index contributed by atoms with van der Waals surface area (Å²) in [6, 6.07) is 0. The Bertz CT molecular complexity index is 1300. The molecule has 0 unspecified atom stereocenters. The molecule has 0 aliphatic carbocycles. The summed E-state index contributed by atoms with van der Waals surface area (Å²) < 4.78 is 9.02. The second-order valence-corrected chi connectivity index (χ2v) is 12.6. The number of hydrogen-bond acceptors (Lipinski definition) is 12. The number of aliphatic hydroxyl groups excluding tert-OH is 2. The van der Waals surface area contributed by atoms with E-state index in [4.69, 9.17) is 4.74 Å². The molecular weight excluding hydrogens is 683 g/mol. The van der Waals surface area contributed by atoms with Crippen LogP contribution in [0, 0.1) is 11.8 Å². The zero-order valence-corrected chi connectivity index (χ0v) is 28.0. The van der Waals surface area contributed by atoms with Crippen LogP contribution in [0.2, 0.25) is 0 Å². The van der Waals surface area contributed by atoms with E-state index in [-0.39, 0.29) is 11.5 Å². The normalized spacial score (nSPS) is 22.7. The third kappa shape index (κ3) is 7.88. The number of fused-ring (bicyclic) bond motifs is 1. The fourth-order valence-corrected chi connectivity index (χ4v) is 5.94. The van der Waals surface area contributed by atoms with Crippen LogP contribution >= 0.6 is 22.9 Å². The number of anilines is 1. The largest absolute Gasteiger partial charge is 0.387 e. The molecule has 0 aromatic carbocycles. The van der Waals surface area contributed by atoms with E-state index in [1.54, 1.807) is 14.0 Å². The van der Waals surface area contributed by atoms with Gasteiger partial charge in [-0.3, -0.25) is 17.3 Å². The SMILES string of the molecule is C=C(NCCN1CCC(C(C)C)CC1)N(I)CCNC(=O)c1nc(NC)c2ncn([C@@H]3O[C@H](C(=O)NCC)[C@@H](O)[C@H]3O)c2n1. The third-order valence-corrected chi connectivity index (χ3v) is 9.27. The van der Waals surface area contributed by atoms with Crippen molar-refractivity contribution in [2.45, 2.75) is 58.2 Å². The van der Waals surface area contributed by atoms with Crippen LogP contribution in [-0.2, 0) is 9.53 Å². The van der Waals surface area contributed by atoms with Gasteiger partial charge >= 0.3 is 0 Å². The lowest BCUT2D eigenvalue weighted by Crippen LogP contribution is -2.42. The Hall–Kier alpha value is -2.80. The van der Waals surface area contributed by atoms with Crippen molar-refractivity contribution in [2.24, 2.45) is 11.8 Å². The van der Waals surface area contributed by atoms with Crippen molar-refractivity contribution in [1.29, 1.82) is 0 Å². The number of nitrogens with one attached hydrogen (secondary N) is 4. The number of likely N-dealkylation sites (N-methyl/N-ethyl adjacent to an activating group) is 1. The van der Waals surface area contributed by atoms with Gasteiger partial charge in [0.1, 0.15) is 18.0 Å². The van der Waals surface area contributed by atoms with Crippen LogP contribution in [-0.4, -0.2) is 121 Å². The van der Waals surface area contributed by atoms with E-state index in [2.05, 4.69) is 84.4 Å². The summed E-state index contributed by atoms with van der Waals surface area (Å²) in [6.07, 6.45) is -1.45. The van der Waals surface area contributed by atoms with Gasteiger partial charge in [-0.15, -0.1) is 0 Å². The van der Waals surface area contributed by atoms with Crippen molar-refractivity contribution in [3.8, 4) is 0 Å². The van der Waals surface area contributed by atoms with Crippen LogP contribution in [0.25, 0.3) is 11.2 Å². The molecule has 2 aromatic heterocycles. The van der Waals surface area contributed by atoms with Gasteiger partial charge in [0.2, 0.25) is 5.82 Å². The molecule has 0 radical (unpaired) electrons. The molecule has 2 aliphatic rings. The molecule has 2 aromatic rings. The molecule has 15 nitrogen and oxygen atoms in total. The quantitative estimate of drug-likeness (QED) is 0.117. The zero-order chi connectivity index (χ0) is 32.0. The fourth-order valence-electron chi connectivity index (χ4n) is 5.53. The van der Waals surface area contributed by atoms with E-state index in [9.17, 15) is 19.8 Å². The molecule has 0 saturated carbocycles. The van der Waals surface area contributed by atoms with Gasteiger partial charge in [0.15, 0.2) is 29.3 Å². The highest BCUT2D eigenvalue weighted by Gasteiger charge is 2.47. The van der Waals surface area contributed by atoms with Gasteiger partial charge in [-0.2, -0.15) is 0 Å². The number of rotatable bonds is 14. The van der Waals surface area contributed by atoms with E-state index >= 15 is 0 Å². The number of halogens is 1. The van der Waals surface area contributed by atoms with Gasteiger partial charge in [-0.1, -0.05) is 20.4 Å². The molecule has 0 bridgehead atoms. The van der Waals surface area contributed by atoms with Crippen LogP contribution in [0.3, 0.4) is 0 Å². The monoisotopic (exact) mass is 728 g/mol. The predicted octanol–water partition coefficient (Wildman–Crippen LogP) is 0.434. The number of aliphatic hydroxyl groups is 2. The molecule has 0 spiro atoms. The first kappa shape index (κ1) is 34.1. The average molecular weight is 729 g/mol. The summed E-state index contributed by atoms with van der Waals surface area (Å²) in [4.78, 5) is 40.9.